The van der Waals surface area contributed by atoms with Gasteiger partial charge in [-0.25, -0.2) is 13.2 Å². The van der Waals surface area contributed by atoms with Crippen LogP contribution in [0.25, 0.3) is 10.9 Å². The first-order chi connectivity index (χ1) is 15.7. The molecule has 2 aromatic carbocycles. The minimum absolute atomic E-state index is 0.0292. The van der Waals surface area contributed by atoms with Crippen LogP contribution in [0.4, 0.5) is 5.69 Å². The number of nitro groups is 1. The fourth-order valence-electron chi connectivity index (χ4n) is 3.63. The molecule has 1 saturated heterocycles. The minimum atomic E-state index is -4.39. The second-order valence-corrected chi connectivity index (χ2v) is 9.53. The number of aromatic amines is 1. The van der Waals surface area contributed by atoms with Gasteiger partial charge < -0.3 is 19.6 Å². The smallest absolute Gasteiger partial charge is 0.353 e. The molecule has 3 aromatic rings. The van der Waals surface area contributed by atoms with Crippen molar-refractivity contribution in [1.29, 1.82) is 0 Å². The third-order valence-electron chi connectivity index (χ3n) is 5.09. The predicted molar refractivity (Wildman–Crippen MR) is 117 cm³/mol. The van der Waals surface area contributed by atoms with Crippen molar-refractivity contribution in [2.24, 2.45) is 0 Å². The number of nitro benzene ring substituents is 1. The van der Waals surface area contributed by atoms with E-state index in [1.165, 1.54) is 6.07 Å². The molecule has 1 atom stereocenters. The lowest BCUT2D eigenvalue weighted by Gasteiger charge is -2.32. The molecule has 33 heavy (non-hydrogen) atoms. The summed E-state index contributed by atoms with van der Waals surface area (Å²) in [6.07, 6.45) is -0.606. The highest BCUT2D eigenvalue weighted by atomic mass is 35.5. The predicted octanol–water partition coefficient (Wildman–Crippen LogP) is 2.90. The number of hydrogen-bond acceptors (Lipinski definition) is 7. The Kier molecular flexibility index (Phi) is 6.26. The number of nitrogens with zero attached hydrogens (tertiary/aromatic N) is 2. The quantitative estimate of drug-likeness (QED) is 0.375. The van der Waals surface area contributed by atoms with Gasteiger partial charge in [0.2, 0.25) is 10.0 Å². The van der Waals surface area contributed by atoms with E-state index in [-0.39, 0.29) is 42.2 Å². The highest BCUT2D eigenvalue weighted by molar-refractivity contribution is 7.89. The number of H-pyrrole nitrogens is 1. The van der Waals surface area contributed by atoms with E-state index in [0.29, 0.717) is 5.75 Å². The molecule has 1 aromatic heterocycles. The first-order valence-electron chi connectivity index (χ1n) is 9.71. The standard InChI is InChI=1S/C20H18ClN3O8S/c21-12-8-15-17(16(9-12)24(27)28)22-18(20(25)26)19(15)33(29,30)23-6-7-31-14(10-23)11-32-13-4-2-1-3-5-13/h1-5,8-9,14,22H,6-7,10-11H2,(H,25,26)/t14-/m0/s1. The summed E-state index contributed by atoms with van der Waals surface area (Å²) in [6.45, 7) is 0.0167. The van der Waals surface area contributed by atoms with Crippen LogP contribution in [0.5, 0.6) is 5.75 Å². The Hall–Kier alpha value is -3.19. The third-order valence-corrected chi connectivity index (χ3v) is 7.26. The number of fused-ring (bicyclic) bond motifs is 1. The normalized spacial score (nSPS) is 17.2. The van der Waals surface area contributed by atoms with E-state index >= 15 is 0 Å². The average molecular weight is 496 g/mol. The lowest BCUT2D eigenvalue weighted by Crippen LogP contribution is -2.47. The molecule has 0 spiro atoms. The zero-order valence-corrected chi connectivity index (χ0v) is 18.5. The Bertz CT molecular complexity index is 1330. The van der Waals surface area contributed by atoms with E-state index in [9.17, 15) is 28.4 Å². The molecular formula is C20H18ClN3O8S. The molecule has 0 bridgehead atoms. The molecule has 11 nitrogen and oxygen atoms in total. The molecule has 1 aliphatic heterocycles. The fraction of sp³-hybridized carbons (Fsp3) is 0.250. The van der Waals surface area contributed by atoms with Gasteiger partial charge >= 0.3 is 5.97 Å². The van der Waals surface area contributed by atoms with Crippen LogP contribution in [0.1, 0.15) is 10.5 Å². The van der Waals surface area contributed by atoms with Gasteiger partial charge in [0.1, 0.15) is 34.6 Å². The third kappa shape index (κ3) is 4.50. The molecule has 0 unspecified atom stereocenters. The van der Waals surface area contributed by atoms with Gasteiger partial charge in [-0.05, 0) is 18.2 Å². The van der Waals surface area contributed by atoms with Crippen molar-refractivity contribution in [3.05, 3.63) is 63.3 Å². The topological polar surface area (TPSA) is 152 Å². The summed E-state index contributed by atoms with van der Waals surface area (Å²) in [5.41, 5.74) is -1.45. The molecule has 2 N–H and O–H groups in total. The van der Waals surface area contributed by atoms with E-state index in [1.54, 1.807) is 24.3 Å². The maximum Gasteiger partial charge on any atom is 0.353 e. The number of halogens is 1. The van der Waals surface area contributed by atoms with E-state index in [0.717, 1.165) is 10.4 Å². The van der Waals surface area contributed by atoms with Gasteiger partial charge in [-0.2, -0.15) is 4.31 Å². The van der Waals surface area contributed by atoms with Crippen LogP contribution in [0.2, 0.25) is 5.02 Å². The van der Waals surface area contributed by atoms with Crippen molar-refractivity contribution in [3.8, 4) is 5.75 Å². The first kappa shape index (κ1) is 23.0. The maximum atomic E-state index is 13.5. The number of morpholine rings is 1. The molecule has 1 fully saturated rings. The van der Waals surface area contributed by atoms with Crippen molar-refractivity contribution in [2.75, 3.05) is 26.3 Å². The highest BCUT2D eigenvalue weighted by Crippen LogP contribution is 2.37. The number of nitrogens with one attached hydrogen (secondary N) is 1. The van der Waals surface area contributed by atoms with Crippen molar-refractivity contribution in [3.63, 3.8) is 0 Å². The number of benzene rings is 2. The monoisotopic (exact) mass is 495 g/mol. The molecule has 0 aliphatic carbocycles. The number of rotatable bonds is 7. The van der Waals surface area contributed by atoms with Gasteiger partial charge in [-0.15, -0.1) is 0 Å². The van der Waals surface area contributed by atoms with Gasteiger partial charge in [-0.1, -0.05) is 29.8 Å². The van der Waals surface area contributed by atoms with Crippen molar-refractivity contribution >= 4 is 44.2 Å². The molecule has 1 aliphatic rings. The van der Waals surface area contributed by atoms with Crippen LogP contribution in [-0.2, 0) is 14.8 Å². The van der Waals surface area contributed by atoms with Gasteiger partial charge in [0.25, 0.3) is 5.69 Å². The summed E-state index contributed by atoms with van der Waals surface area (Å²) in [5, 5.41) is 20.8. The number of aromatic carboxylic acids is 1. The molecule has 0 saturated carbocycles. The lowest BCUT2D eigenvalue weighted by atomic mass is 10.2. The minimum Gasteiger partial charge on any atom is -0.491 e. The number of aromatic nitrogens is 1. The second-order valence-electron chi connectivity index (χ2n) is 7.22. The number of non-ortho nitro benzene ring substituents is 1. The second kappa shape index (κ2) is 8.98. The number of hydrogen-bond donors (Lipinski definition) is 2. The fourth-order valence-corrected chi connectivity index (χ4v) is 5.61. The molecule has 13 heteroatoms. The number of para-hydroxylation sites is 1. The van der Waals surface area contributed by atoms with Gasteiger partial charge in [0.15, 0.2) is 0 Å². The summed E-state index contributed by atoms with van der Waals surface area (Å²) in [5.74, 6) is -0.986. The Labute approximate surface area is 192 Å². The van der Waals surface area contributed by atoms with Gasteiger partial charge in [0.05, 0.1) is 11.5 Å². The number of sulfonamides is 1. The Morgan fingerprint density at radius 3 is 2.73 bits per heavy atom. The first-order valence-corrected chi connectivity index (χ1v) is 11.5. The van der Waals surface area contributed by atoms with Gasteiger partial charge in [-0.3, -0.25) is 10.1 Å². The summed E-state index contributed by atoms with van der Waals surface area (Å²) in [6, 6.07) is 11.1. The van der Waals surface area contributed by atoms with Crippen molar-refractivity contribution in [2.45, 2.75) is 11.0 Å². The highest BCUT2D eigenvalue weighted by Gasteiger charge is 2.38. The molecule has 4 rings (SSSR count). The largest absolute Gasteiger partial charge is 0.491 e. The van der Waals surface area contributed by atoms with Crippen LogP contribution in [0, 0.1) is 10.1 Å². The van der Waals surface area contributed by atoms with E-state index in [2.05, 4.69) is 4.98 Å². The van der Waals surface area contributed by atoms with E-state index in [4.69, 9.17) is 21.1 Å². The molecule has 0 amide bonds. The van der Waals surface area contributed by atoms with Crippen LogP contribution in [0.3, 0.4) is 0 Å². The van der Waals surface area contributed by atoms with Crippen LogP contribution in [0.15, 0.2) is 47.4 Å². The van der Waals surface area contributed by atoms with Crippen LogP contribution >= 0.6 is 11.6 Å². The molecule has 2 heterocycles. The zero-order valence-electron chi connectivity index (χ0n) is 16.9. The number of carboxylic acids is 1. The van der Waals surface area contributed by atoms with E-state index < -0.39 is 43.3 Å². The molecule has 174 valence electrons. The summed E-state index contributed by atoms with van der Waals surface area (Å²) < 4.78 is 39.4. The maximum absolute atomic E-state index is 13.5. The zero-order chi connectivity index (χ0) is 23.8. The van der Waals surface area contributed by atoms with E-state index in [1.807, 2.05) is 6.07 Å². The number of carbonyl (C=O) groups is 1. The SMILES string of the molecule is O=C(O)c1[nH]c2c([N+](=O)[O-])cc(Cl)cc2c1S(=O)(=O)N1CCO[C@H](COc2ccccc2)C1. The van der Waals surface area contributed by atoms with Crippen LogP contribution in [-0.4, -0.2) is 66.1 Å². The summed E-state index contributed by atoms with van der Waals surface area (Å²) >= 11 is 5.98. The molecule has 0 radical (unpaired) electrons. The lowest BCUT2D eigenvalue weighted by molar-refractivity contribution is -0.383. The average Bonchev–Trinajstić information content (AvgIpc) is 3.18. The Morgan fingerprint density at radius 1 is 1.33 bits per heavy atom. The summed E-state index contributed by atoms with van der Waals surface area (Å²) in [7, 11) is -4.39. The van der Waals surface area contributed by atoms with Gasteiger partial charge in [0, 0.05) is 29.6 Å². The number of ether oxygens (including phenoxy) is 2. The number of carboxylic acid groups (broad SMARTS) is 1. The summed E-state index contributed by atoms with van der Waals surface area (Å²) in [4.78, 5) is 24.3. The Morgan fingerprint density at radius 2 is 2.06 bits per heavy atom. The van der Waals surface area contributed by atoms with Crippen molar-refractivity contribution in [1.82, 2.24) is 9.29 Å². The Balaban J connectivity index is 1.70. The van der Waals surface area contributed by atoms with Crippen molar-refractivity contribution < 1.29 is 32.7 Å². The molecular weight excluding hydrogens is 478 g/mol. The van der Waals surface area contributed by atoms with Crippen LogP contribution < -0.4 is 4.74 Å².